The van der Waals surface area contributed by atoms with Crippen LogP contribution in [-0.4, -0.2) is 11.8 Å². The lowest BCUT2D eigenvalue weighted by Gasteiger charge is -2.21. The highest BCUT2D eigenvalue weighted by atomic mass is 35.5. The Morgan fingerprint density at radius 2 is 1.61 bits per heavy atom. The SMILES string of the molecule is CC(C)(C)c1ccc(N2C(=O)C(SCc3ccco3)=C(c3ccc(Cl)cc3)C2=O)cc1. The lowest BCUT2D eigenvalue weighted by atomic mass is 9.87. The van der Waals surface area contributed by atoms with Crippen LogP contribution in [0.25, 0.3) is 5.57 Å². The minimum absolute atomic E-state index is 0.0195. The van der Waals surface area contributed by atoms with E-state index in [-0.39, 0.29) is 17.2 Å². The standard InChI is InChI=1S/C25H22ClNO3S/c1-25(2,3)17-8-12-19(13-9-17)27-23(28)21(16-6-10-18(26)11-7-16)22(24(27)29)31-15-20-5-4-14-30-20/h4-14H,15H2,1-3H3. The second-order valence-corrected chi connectivity index (χ2v) is 9.74. The van der Waals surface area contributed by atoms with Gasteiger partial charge in [-0.05, 0) is 52.9 Å². The molecule has 0 fully saturated rings. The van der Waals surface area contributed by atoms with Gasteiger partial charge >= 0.3 is 0 Å². The monoisotopic (exact) mass is 451 g/mol. The van der Waals surface area contributed by atoms with E-state index in [2.05, 4.69) is 20.8 Å². The Kier molecular flexibility index (Phi) is 5.82. The zero-order chi connectivity index (χ0) is 22.2. The van der Waals surface area contributed by atoms with Crippen LogP contribution in [-0.2, 0) is 20.8 Å². The molecule has 2 heterocycles. The van der Waals surface area contributed by atoms with Crippen LogP contribution in [0.1, 0.15) is 37.7 Å². The number of carbonyl (C=O) groups excluding carboxylic acids is 2. The minimum Gasteiger partial charge on any atom is -0.468 e. The Morgan fingerprint density at radius 3 is 2.19 bits per heavy atom. The topological polar surface area (TPSA) is 50.5 Å². The fourth-order valence-electron chi connectivity index (χ4n) is 3.40. The minimum atomic E-state index is -0.335. The summed E-state index contributed by atoms with van der Waals surface area (Å²) in [6.07, 6.45) is 1.59. The van der Waals surface area contributed by atoms with Gasteiger partial charge in [0.15, 0.2) is 0 Å². The maximum Gasteiger partial charge on any atom is 0.272 e. The normalized spacial score (nSPS) is 14.6. The van der Waals surface area contributed by atoms with E-state index in [0.717, 1.165) is 11.3 Å². The van der Waals surface area contributed by atoms with Gasteiger partial charge in [0.05, 0.1) is 28.2 Å². The molecule has 1 aliphatic rings. The summed E-state index contributed by atoms with van der Waals surface area (Å²) >= 11 is 7.34. The Labute approximate surface area is 190 Å². The van der Waals surface area contributed by atoms with Gasteiger partial charge < -0.3 is 4.42 Å². The third kappa shape index (κ3) is 4.34. The highest BCUT2D eigenvalue weighted by molar-refractivity contribution is 8.03. The molecule has 2 amide bonds. The Morgan fingerprint density at radius 1 is 0.935 bits per heavy atom. The van der Waals surface area contributed by atoms with Gasteiger partial charge in [0.2, 0.25) is 0 Å². The number of carbonyl (C=O) groups is 2. The van der Waals surface area contributed by atoms with E-state index < -0.39 is 0 Å². The van der Waals surface area contributed by atoms with Crippen molar-refractivity contribution in [3.8, 4) is 0 Å². The van der Waals surface area contributed by atoms with Gasteiger partial charge in [0.25, 0.3) is 11.8 Å². The van der Waals surface area contributed by atoms with Gasteiger partial charge in [0, 0.05) is 5.02 Å². The number of amides is 2. The predicted molar refractivity (Wildman–Crippen MR) is 126 cm³/mol. The van der Waals surface area contributed by atoms with Crippen LogP contribution in [0.15, 0.2) is 76.2 Å². The first-order chi connectivity index (χ1) is 14.8. The molecule has 4 rings (SSSR count). The van der Waals surface area contributed by atoms with Gasteiger partial charge in [-0.2, -0.15) is 0 Å². The second-order valence-electron chi connectivity index (χ2n) is 8.32. The van der Waals surface area contributed by atoms with E-state index in [1.165, 1.54) is 16.7 Å². The van der Waals surface area contributed by atoms with E-state index in [0.29, 0.717) is 32.5 Å². The molecule has 0 atom stereocenters. The highest BCUT2D eigenvalue weighted by Crippen LogP contribution is 2.40. The molecule has 3 aromatic rings. The first kappa shape index (κ1) is 21.5. The van der Waals surface area contributed by atoms with Crippen LogP contribution in [0.3, 0.4) is 0 Å². The Balaban J connectivity index is 1.71. The summed E-state index contributed by atoms with van der Waals surface area (Å²) in [6.45, 7) is 6.37. The van der Waals surface area contributed by atoms with Crippen LogP contribution < -0.4 is 4.90 Å². The molecule has 0 N–H and O–H groups in total. The highest BCUT2D eigenvalue weighted by Gasteiger charge is 2.40. The average Bonchev–Trinajstić information content (AvgIpc) is 3.33. The lowest BCUT2D eigenvalue weighted by molar-refractivity contribution is -0.119. The molecule has 4 nitrogen and oxygen atoms in total. The third-order valence-electron chi connectivity index (χ3n) is 5.10. The van der Waals surface area contributed by atoms with Crippen LogP contribution >= 0.6 is 23.4 Å². The maximum absolute atomic E-state index is 13.4. The fourth-order valence-corrected chi connectivity index (χ4v) is 4.54. The second kappa shape index (κ2) is 8.40. The predicted octanol–water partition coefficient (Wildman–Crippen LogP) is 6.45. The summed E-state index contributed by atoms with van der Waals surface area (Å²) in [7, 11) is 0. The number of hydrogen-bond acceptors (Lipinski definition) is 4. The summed E-state index contributed by atoms with van der Waals surface area (Å²) in [5.41, 5.74) is 2.72. The molecule has 6 heteroatoms. The molecule has 0 saturated heterocycles. The van der Waals surface area contributed by atoms with Crippen molar-refractivity contribution in [3.63, 3.8) is 0 Å². The number of imide groups is 1. The molecule has 0 unspecified atom stereocenters. The van der Waals surface area contributed by atoms with Crippen molar-refractivity contribution in [2.24, 2.45) is 0 Å². The summed E-state index contributed by atoms with van der Waals surface area (Å²) in [4.78, 5) is 28.5. The van der Waals surface area contributed by atoms with Gasteiger partial charge in [-0.25, -0.2) is 4.90 Å². The van der Waals surface area contributed by atoms with Gasteiger partial charge in [-0.1, -0.05) is 56.6 Å². The van der Waals surface area contributed by atoms with E-state index in [4.69, 9.17) is 16.0 Å². The smallest absolute Gasteiger partial charge is 0.272 e. The largest absolute Gasteiger partial charge is 0.468 e. The number of nitrogens with zero attached hydrogens (tertiary/aromatic N) is 1. The number of furan rings is 1. The zero-order valence-electron chi connectivity index (χ0n) is 17.5. The first-order valence-electron chi connectivity index (χ1n) is 9.90. The molecule has 2 aromatic carbocycles. The zero-order valence-corrected chi connectivity index (χ0v) is 19.1. The molecule has 0 aliphatic carbocycles. The van der Waals surface area contributed by atoms with E-state index in [9.17, 15) is 9.59 Å². The summed E-state index contributed by atoms with van der Waals surface area (Å²) in [5, 5.41) is 0.570. The van der Waals surface area contributed by atoms with Crippen molar-refractivity contribution in [2.45, 2.75) is 31.9 Å². The van der Waals surface area contributed by atoms with Gasteiger partial charge in [-0.3, -0.25) is 9.59 Å². The number of hydrogen-bond donors (Lipinski definition) is 0. The van der Waals surface area contributed by atoms with Crippen molar-refractivity contribution in [1.29, 1.82) is 0 Å². The maximum atomic E-state index is 13.4. The molecule has 0 spiro atoms. The van der Waals surface area contributed by atoms with E-state index >= 15 is 0 Å². The van der Waals surface area contributed by atoms with Crippen molar-refractivity contribution in [3.05, 3.63) is 93.7 Å². The van der Waals surface area contributed by atoms with Crippen molar-refractivity contribution in [1.82, 2.24) is 0 Å². The fraction of sp³-hybridized carbons (Fsp3) is 0.200. The quantitative estimate of drug-likeness (QED) is 0.418. The third-order valence-corrected chi connectivity index (χ3v) is 6.45. The van der Waals surface area contributed by atoms with Crippen LogP contribution in [0.5, 0.6) is 0 Å². The molecule has 1 aromatic heterocycles. The average molecular weight is 452 g/mol. The Hall–Kier alpha value is -2.76. The number of halogens is 1. The van der Waals surface area contributed by atoms with Crippen molar-refractivity contribution >= 4 is 46.4 Å². The number of anilines is 1. The molecular formula is C25H22ClNO3S. The molecule has 31 heavy (non-hydrogen) atoms. The molecular weight excluding hydrogens is 430 g/mol. The summed E-state index contributed by atoms with van der Waals surface area (Å²) < 4.78 is 5.40. The number of benzene rings is 2. The van der Waals surface area contributed by atoms with Gasteiger partial charge in [-0.15, -0.1) is 11.8 Å². The summed E-state index contributed by atoms with van der Waals surface area (Å²) in [5.74, 6) is 0.531. The molecule has 0 bridgehead atoms. The van der Waals surface area contributed by atoms with Gasteiger partial charge in [0.1, 0.15) is 5.76 Å². The Bertz CT molecular complexity index is 1140. The number of rotatable bonds is 5. The molecule has 0 radical (unpaired) electrons. The van der Waals surface area contributed by atoms with Crippen LogP contribution in [0, 0.1) is 0 Å². The van der Waals surface area contributed by atoms with Crippen LogP contribution in [0.2, 0.25) is 5.02 Å². The van der Waals surface area contributed by atoms with Crippen LogP contribution in [0.4, 0.5) is 5.69 Å². The number of thioether (sulfide) groups is 1. The summed E-state index contributed by atoms with van der Waals surface area (Å²) in [6, 6.07) is 18.2. The van der Waals surface area contributed by atoms with E-state index in [1.54, 1.807) is 36.6 Å². The molecule has 1 aliphatic heterocycles. The van der Waals surface area contributed by atoms with Crippen molar-refractivity contribution in [2.75, 3.05) is 4.90 Å². The van der Waals surface area contributed by atoms with Crippen molar-refractivity contribution < 1.29 is 14.0 Å². The van der Waals surface area contributed by atoms with E-state index in [1.807, 2.05) is 30.3 Å². The first-order valence-corrected chi connectivity index (χ1v) is 11.3. The molecule has 158 valence electrons. The molecule has 0 saturated carbocycles. The lowest BCUT2D eigenvalue weighted by Crippen LogP contribution is -2.31.